The lowest BCUT2D eigenvalue weighted by Gasteiger charge is -2.30. The molecule has 0 fully saturated rings. The van der Waals surface area contributed by atoms with Gasteiger partial charge in [-0.25, -0.2) is 10.2 Å². The van der Waals surface area contributed by atoms with Crippen molar-refractivity contribution >= 4 is 58.6 Å². The van der Waals surface area contributed by atoms with Crippen LogP contribution in [0.5, 0.6) is 5.75 Å². The van der Waals surface area contributed by atoms with E-state index in [0.29, 0.717) is 54.8 Å². The molecule has 1 atom stereocenters. The van der Waals surface area contributed by atoms with E-state index in [2.05, 4.69) is 21.2 Å². The van der Waals surface area contributed by atoms with Crippen LogP contribution in [0.3, 0.4) is 0 Å². The molecule has 1 aliphatic rings. The van der Waals surface area contributed by atoms with Crippen molar-refractivity contribution in [3.63, 3.8) is 0 Å². The fourth-order valence-electron chi connectivity index (χ4n) is 3.86. The maximum atomic E-state index is 12.7. The molecule has 39 heavy (non-hydrogen) atoms. The standard InChI is InChI=1S/C27H24Cl2N4O5S/c1-3-36-26(35)24-15(2)31-27(39)32-25(24)19-6-4-5-7-21(19)37-14-23(34)33-30-13-17-9-11-22(38-17)18-10-8-16(28)12-20(18)29/h4-13,25H,3,14H2,1-2H3,(H,33,34)(H2,31,32,39)/t25-/m1/s1. The molecule has 3 aromatic rings. The van der Waals surface area contributed by atoms with Gasteiger partial charge in [-0.2, -0.15) is 5.10 Å². The molecule has 0 bridgehead atoms. The second kappa shape index (κ2) is 12.8. The second-order valence-electron chi connectivity index (χ2n) is 8.24. The molecule has 1 aromatic heterocycles. The Hall–Kier alpha value is -3.86. The molecule has 1 aliphatic heterocycles. The van der Waals surface area contributed by atoms with E-state index in [1.54, 1.807) is 68.4 Å². The Bertz CT molecular complexity index is 1470. The van der Waals surface area contributed by atoms with Crippen LogP contribution in [0.1, 0.15) is 31.2 Å². The van der Waals surface area contributed by atoms with Gasteiger partial charge in [-0.1, -0.05) is 41.4 Å². The lowest BCUT2D eigenvalue weighted by atomic mass is 9.95. The van der Waals surface area contributed by atoms with Gasteiger partial charge >= 0.3 is 5.97 Å². The normalized spacial score (nSPS) is 15.1. The fourth-order valence-corrected chi connectivity index (χ4v) is 4.63. The molecule has 0 aliphatic carbocycles. The first-order chi connectivity index (χ1) is 18.8. The number of nitrogens with one attached hydrogen (secondary N) is 3. The second-order valence-corrected chi connectivity index (χ2v) is 9.49. The van der Waals surface area contributed by atoms with Crippen LogP contribution in [0, 0.1) is 0 Å². The van der Waals surface area contributed by atoms with E-state index < -0.39 is 17.9 Å². The summed E-state index contributed by atoms with van der Waals surface area (Å²) in [5, 5.41) is 11.3. The van der Waals surface area contributed by atoms with Gasteiger partial charge in [-0.3, -0.25) is 4.79 Å². The number of carbonyl (C=O) groups excluding carboxylic acids is 2. The van der Waals surface area contributed by atoms with Gasteiger partial charge in [0, 0.05) is 21.8 Å². The van der Waals surface area contributed by atoms with Gasteiger partial charge in [0.2, 0.25) is 0 Å². The number of rotatable bonds is 9. The zero-order valence-corrected chi connectivity index (χ0v) is 23.2. The number of ether oxygens (including phenoxy) is 2. The summed E-state index contributed by atoms with van der Waals surface area (Å²) in [6.07, 6.45) is 1.36. The summed E-state index contributed by atoms with van der Waals surface area (Å²) in [6, 6.07) is 14.9. The molecule has 4 rings (SSSR count). The number of hydrogen-bond donors (Lipinski definition) is 3. The molecule has 1 amide bonds. The summed E-state index contributed by atoms with van der Waals surface area (Å²) < 4.78 is 16.7. The number of thiocarbonyl (C=S) groups is 1. The summed E-state index contributed by atoms with van der Waals surface area (Å²) in [5.41, 5.74) is 4.63. The van der Waals surface area contributed by atoms with Crippen LogP contribution in [0.15, 0.2) is 75.4 Å². The van der Waals surface area contributed by atoms with Crippen LogP contribution in [0.25, 0.3) is 11.3 Å². The summed E-state index contributed by atoms with van der Waals surface area (Å²) in [6.45, 7) is 3.37. The minimum Gasteiger partial charge on any atom is -0.483 e. The lowest BCUT2D eigenvalue weighted by Crippen LogP contribution is -2.45. The average molecular weight is 587 g/mol. The molecule has 0 radical (unpaired) electrons. The highest BCUT2D eigenvalue weighted by molar-refractivity contribution is 7.80. The molecular weight excluding hydrogens is 563 g/mol. The number of hydrogen-bond acceptors (Lipinski definition) is 7. The SMILES string of the molecule is CCOC(=O)C1=C(C)NC(=S)N[C@@H]1c1ccccc1OCC(=O)NN=Cc1ccc(-c2ccc(Cl)cc2Cl)o1. The summed E-state index contributed by atoms with van der Waals surface area (Å²) in [7, 11) is 0. The molecule has 12 heteroatoms. The van der Waals surface area contributed by atoms with Crippen molar-refractivity contribution in [2.75, 3.05) is 13.2 Å². The van der Waals surface area contributed by atoms with Gasteiger partial charge < -0.3 is 24.5 Å². The molecular formula is C27H24Cl2N4O5S. The fraction of sp³-hybridized carbons (Fsp3) is 0.185. The Kier molecular flexibility index (Phi) is 9.23. The Morgan fingerprint density at radius 1 is 1.18 bits per heavy atom. The molecule has 2 heterocycles. The maximum Gasteiger partial charge on any atom is 0.338 e. The molecule has 0 saturated carbocycles. The molecule has 9 nitrogen and oxygen atoms in total. The van der Waals surface area contributed by atoms with Gasteiger partial charge in [0.25, 0.3) is 5.91 Å². The van der Waals surface area contributed by atoms with Crippen LogP contribution in [0.4, 0.5) is 0 Å². The quantitative estimate of drug-likeness (QED) is 0.137. The summed E-state index contributed by atoms with van der Waals surface area (Å²) in [4.78, 5) is 25.1. The van der Waals surface area contributed by atoms with Crippen molar-refractivity contribution in [1.82, 2.24) is 16.1 Å². The van der Waals surface area contributed by atoms with Crippen LogP contribution >= 0.6 is 35.4 Å². The number of furan rings is 1. The molecule has 202 valence electrons. The number of hydrazone groups is 1. The van der Waals surface area contributed by atoms with Crippen LogP contribution in [0.2, 0.25) is 10.0 Å². The largest absolute Gasteiger partial charge is 0.483 e. The first-order valence-corrected chi connectivity index (χ1v) is 13.0. The van der Waals surface area contributed by atoms with Gasteiger partial charge in [0.05, 0.1) is 29.5 Å². The van der Waals surface area contributed by atoms with Gasteiger partial charge in [-0.05, 0) is 62.5 Å². The van der Waals surface area contributed by atoms with Crippen LogP contribution in [-0.2, 0) is 14.3 Å². The Labute approximate surface area is 240 Å². The third-order valence-corrected chi connectivity index (χ3v) is 6.33. The predicted octanol–water partition coefficient (Wildman–Crippen LogP) is 5.14. The van der Waals surface area contributed by atoms with E-state index in [9.17, 15) is 9.59 Å². The lowest BCUT2D eigenvalue weighted by molar-refractivity contribution is -0.139. The van der Waals surface area contributed by atoms with Crippen molar-refractivity contribution in [2.45, 2.75) is 19.9 Å². The molecule has 0 saturated heterocycles. The third-order valence-electron chi connectivity index (χ3n) is 5.56. The van der Waals surface area contributed by atoms with E-state index in [0.717, 1.165) is 0 Å². The predicted molar refractivity (Wildman–Crippen MR) is 153 cm³/mol. The smallest absolute Gasteiger partial charge is 0.338 e. The number of esters is 1. The van der Waals surface area contributed by atoms with Crippen molar-refractivity contribution in [1.29, 1.82) is 0 Å². The Balaban J connectivity index is 1.40. The first-order valence-electron chi connectivity index (χ1n) is 11.8. The molecule has 0 spiro atoms. The van der Waals surface area contributed by atoms with Crippen molar-refractivity contribution in [3.8, 4) is 17.1 Å². The van der Waals surface area contributed by atoms with Crippen molar-refractivity contribution in [3.05, 3.63) is 87.2 Å². The van der Waals surface area contributed by atoms with Crippen molar-refractivity contribution < 1.29 is 23.5 Å². The Morgan fingerprint density at radius 3 is 2.74 bits per heavy atom. The number of amides is 1. The third kappa shape index (κ3) is 6.97. The van der Waals surface area contributed by atoms with Crippen LogP contribution < -0.4 is 20.8 Å². The first kappa shape index (κ1) is 28.2. The zero-order chi connectivity index (χ0) is 27.9. The minimum atomic E-state index is -0.627. The minimum absolute atomic E-state index is 0.222. The van der Waals surface area contributed by atoms with E-state index in [4.69, 9.17) is 49.3 Å². The molecule has 3 N–H and O–H groups in total. The maximum absolute atomic E-state index is 12.7. The van der Waals surface area contributed by atoms with Gasteiger partial charge in [-0.15, -0.1) is 0 Å². The van der Waals surface area contributed by atoms with Crippen LogP contribution in [-0.4, -0.2) is 36.4 Å². The highest BCUT2D eigenvalue weighted by Gasteiger charge is 2.32. The molecule has 2 aromatic carbocycles. The van der Waals surface area contributed by atoms with Gasteiger partial charge in [0.1, 0.15) is 17.3 Å². The van der Waals surface area contributed by atoms with E-state index >= 15 is 0 Å². The number of para-hydroxylation sites is 1. The number of carbonyl (C=O) groups is 2. The van der Waals surface area contributed by atoms with E-state index in [1.807, 2.05) is 0 Å². The molecule has 0 unspecified atom stereocenters. The topological polar surface area (TPSA) is 114 Å². The Morgan fingerprint density at radius 2 is 1.97 bits per heavy atom. The summed E-state index contributed by atoms with van der Waals surface area (Å²) >= 11 is 17.5. The summed E-state index contributed by atoms with van der Waals surface area (Å²) in [5.74, 6) is 0.346. The van der Waals surface area contributed by atoms with Gasteiger partial charge in [0.15, 0.2) is 11.7 Å². The average Bonchev–Trinajstić information content (AvgIpc) is 3.35. The highest BCUT2D eigenvalue weighted by Crippen LogP contribution is 2.34. The number of allylic oxidation sites excluding steroid dienone is 1. The van der Waals surface area contributed by atoms with Crippen molar-refractivity contribution in [2.24, 2.45) is 5.10 Å². The monoisotopic (exact) mass is 586 g/mol. The zero-order valence-electron chi connectivity index (χ0n) is 20.9. The van der Waals surface area contributed by atoms with E-state index in [1.165, 1.54) is 6.21 Å². The number of halogens is 2. The number of nitrogens with zero attached hydrogens (tertiary/aromatic N) is 1. The number of benzene rings is 2. The van der Waals surface area contributed by atoms with E-state index in [-0.39, 0.29) is 13.2 Å². The highest BCUT2D eigenvalue weighted by atomic mass is 35.5.